The molecular formula is C10H14NO2P. The summed E-state index contributed by atoms with van der Waals surface area (Å²) in [5.41, 5.74) is 1.18. The summed E-state index contributed by atoms with van der Waals surface area (Å²) in [6.45, 7) is 1.83. The Kier molecular flexibility index (Phi) is 3.35. The van der Waals surface area contributed by atoms with E-state index in [1.165, 1.54) is 5.69 Å². The van der Waals surface area contributed by atoms with Crippen LogP contribution in [0.4, 0.5) is 5.69 Å². The zero-order chi connectivity index (χ0) is 9.80. The van der Waals surface area contributed by atoms with Gasteiger partial charge in [-0.15, -0.1) is 0 Å². The number of rotatable bonds is 2. The smallest absolute Gasteiger partial charge is 0.289 e. The third-order valence-electron chi connectivity index (χ3n) is 2.12. The molecule has 4 heteroatoms. The third kappa shape index (κ3) is 2.06. The van der Waals surface area contributed by atoms with E-state index in [0.29, 0.717) is 0 Å². The summed E-state index contributed by atoms with van der Waals surface area (Å²) in [7, 11) is 0.825. The second kappa shape index (κ2) is 4.74. The van der Waals surface area contributed by atoms with Crippen LogP contribution in [0.15, 0.2) is 30.3 Å². The molecule has 0 N–H and O–H groups in total. The molecule has 1 saturated heterocycles. The van der Waals surface area contributed by atoms with Gasteiger partial charge in [0.2, 0.25) is 0 Å². The summed E-state index contributed by atoms with van der Waals surface area (Å²) in [4.78, 5) is 0. The van der Waals surface area contributed by atoms with E-state index in [-0.39, 0.29) is 0 Å². The van der Waals surface area contributed by atoms with E-state index < -0.39 is 8.53 Å². The van der Waals surface area contributed by atoms with E-state index >= 15 is 0 Å². The first-order valence-corrected chi connectivity index (χ1v) is 5.84. The van der Waals surface area contributed by atoms with Gasteiger partial charge in [0, 0.05) is 19.3 Å². The van der Waals surface area contributed by atoms with Crippen molar-refractivity contribution < 1.29 is 9.05 Å². The summed E-state index contributed by atoms with van der Waals surface area (Å²) < 4.78 is 13.1. The molecule has 1 unspecified atom stereocenters. The van der Waals surface area contributed by atoms with Crippen molar-refractivity contribution in [3.63, 3.8) is 0 Å². The maximum Gasteiger partial charge on any atom is 0.289 e. The number of hydrogen-bond donors (Lipinski definition) is 0. The zero-order valence-electron chi connectivity index (χ0n) is 8.22. The largest absolute Gasteiger partial charge is 0.321 e. The van der Waals surface area contributed by atoms with Gasteiger partial charge >= 0.3 is 0 Å². The molecule has 1 aromatic carbocycles. The van der Waals surface area contributed by atoms with Crippen LogP contribution in [0.2, 0.25) is 0 Å². The second-order valence-corrected chi connectivity index (χ2v) is 4.65. The summed E-state index contributed by atoms with van der Waals surface area (Å²) in [5, 5.41) is 0. The van der Waals surface area contributed by atoms with Crippen molar-refractivity contribution in [1.29, 1.82) is 0 Å². The lowest BCUT2D eigenvalue weighted by molar-refractivity contribution is 0.262. The lowest BCUT2D eigenvalue weighted by Crippen LogP contribution is -2.25. The third-order valence-corrected chi connectivity index (χ3v) is 3.66. The monoisotopic (exact) mass is 211 g/mol. The summed E-state index contributed by atoms with van der Waals surface area (Å²) in [6.07, 6.45) is 1.07. The van der Waals surface area contributed by atoms with Crippen molar-refractivity contribution in [1.82, 2.24) is 0 Å². The first kappa shape index (κ1) is 9.91. The highest BCUT2D eigenvalue weighted by Gasteiger charge is 2.24. The molecule has 0 spiro atoms. The van der Waals surface area contributed by atoms with Gasteiger partial charge in [0.1, 0.15) is 0 Å². The van der Waals surface area contributed by atoms with Crippen molar-refractivity contribution >= 4 is 14.2 Å². The first-order valence-electron chi connectivity index (χ1n) is 4.71. The SMILES string of the molecule is COP1OCCCN1c1ccccc1. The van der Waals surface area contributed by atoms with Gasteiger partial charge in [-0.3, -0.25) is 0 Å². The van der Waals surface area contributed by atoms with E-state index in [2.05, 4.69) is 16.8 Å². The van der Waals surface area contributed by atoms with Crippen LogP contribution >= 0.6 is 8.53 Å². The molecule has 0 saturated carbocycles. The maximum atomic E-state index is 5.56. The fraction of sp³-hybridized carbons (Fsp3) is 0.400. The summed E-state index contributed by atoms with van der Waals surface area (Å²) in [6, 6.07) is 10.3. The number of para-hydroxylation sites is 1. The van der Waals surface area contributed by atoms with Crippen LogP contribution in [0.3, 0.4) is 0 Å². The minimum absolute atomic E-state index is 0.808. The van der Waals surface area contributed by atoms with Gasteiger partial charge in [-0.1, -0.05) is 18.2 Å². The lowest BCUT2D eigenvalue weighted by atomic mass is 10.3. The Morgan fingerprint density at radius 2 is 2.14 bits per heavy atom. The highest BCUT2D eigenvalue weighted by Crippen LogP contribution is 2.47. The maximum absolute atomic E-state index is 5.56. The van der Waals surface area contributed by atoms with Crippen LogP contribution in [-0.4, -0.2) is 20.3 Å². The van der Waals surface area contributed by atoms with E-state index in [1.54, 1.807) is 7.11 Å². The molecule has 3 nitrogen and oxygen atoms in total. The van der Waals surface area contributed by atoms with E-state index in [9.17, 15) is 0 Å². The van der Waals surface area contributed by atoms with Crippen molar-refractivity contribution in [2.24, 2.45) is 0 Å². The van der Waals surface area contributed by atoms with E-state index in [4.69, 9.17) is 9.05 Å². The number of benzene rings is 1. The molecule has 2 rings (SSSR count). The average molecular weight is 211 g/mol. The molecule has 76 valence electrons. The number of nitrogens with zero attached hydrogens (tertiary/aromatic N) is 1. The van der Waals surface area contributed by atoms with Crippen LogP contribution in [0.1, 0.15) is 6.42 Å². The fourth-order valence-electron chi connectivity index (χ4n) is 1.48. The lowest BCUT2D eigenvalue weighted by Gasteiger charge is -2.33. The molecule has 0 aliphatic carbocycles. The predicted octanol–water partition coefficient (Wildman–Crippen LogP) is 2.79. The van der Waals surface area contributed by atoms with Gasteiger partial charge in [0.05, 0.1) is 6.61 Å². The molecule has 1 fully saturated rings. The van der Waals surface area contributed by atoms with Crippen molar-refractivity contribution in [2.45, 2.75) is 6.42 Å². The molecular weight excluding hydrogens is 197 g/mol. The normalized spacial score (nSPS) is 22.4. The molecule has 0 radical (unpaired) electrons. The first-order chi connectivity index (χ1) is 6.92. The Morgan fingerprint density at radius 3 is 2.86 bits per heavy atom. The summed E-state index contributed by atoms with van der Waals surface area (Å²) >= 11 is 0. The van der Waals surface area contributed by atoms with Crippen LogP contribution in [0.25, 0.3) is 0 Å². The van der Waals surface area contributed by atoms with E-state index in [0.717, 1.165) is 19.6 Å². The van der Waals surface area contributed by atoms with Crippen LogP contribution in [-0.2, 0) is 9.05 Å². The second-order valence-electron chi connectivity index (χ2n) is 3.07. The standard InChI is InChI=1S/C10H14NO2P/c1-12-14-11(8-5-9-13-14)10-6-3-2-4-7-10/h2-4,6-7H,5,8-9H2,1H3. The molecule has 1 aliphatic rings. The molecule has 0 amide bonds. The number of anilines is 1. The molecule has 1 atom stereocenters. The van der Waals surface area contributed by atoms with E-state index in [1.807, 2.05) is 18.2 Å². The van der Waals surface area contributed by atoms with Gasteiger partial charge in [0.25, 0.3) is 8.53 Å². The predicted molar refractivity (Wildman–Crippen MR) is 58.3 cm³/mol. The molecule has 1 aromatic rings. The fourth-order valence-corrected chi connectivity index (χ4v) is 2.84. The number of hydrogen-bond acceptors (Lipinski definition) is 3. The summed E-state index contributed by atoms with van der Waals surface area (Å²) in [5.74, 6) is 0. The van der Waals surface area contributed by atoms with Crippen molar-refractivity contribution in [2.75, 3.05) is 24.9 Å². The van der Waals surface area contributed by atoms with Crippen LogP contribution in [0, 0.1) is 0 Å². The molecule has 0 aromatic heterocycles. The van der Waals surface area contributed by atoms with Gasteiger partial charge < -0.3 is 13.7 Å². The zero-order valence-corrected chi connectivity index (χ0v) is 9.11. The van der Waals surface area contributed by atoms with Gasteiger partial charge in [0.15, 0.2) is 0 Å². The van der Waals surface area contributed by atoms with Crippen LogP contribution in [0.5, 0.6) is 0 Å². The molecule has 1 heterocycles. The Hall–Kier alpha value is -0.630. The van der Waals surface area contributed by atoms with Gasteiger partial charge in [-0.05, 0) is 18.6 Å². The Bertz CT molecular complexity index is 281. The van der Waals surface area contributed by atoms with Crippen molar-refractivity contribution in [3.8, 4) is 0 Å². The highest BCUT2D eigenvalue weighted by molar-refractivity contribution is 7.49. The average Bonchev–Trinajstić information content (AvgIpc) is 2.30. The molecule has 0 bridgehead atoms. The Labute approximate surface area is 85.6 Å². The van der Waals surface area contributed by atoms with Crippen molar-refractivity contribution in [3.05, 3.63) is 30.3 Å². The minimum atomic E-state index is -0.876. The Morgan fingerprint density at radius 1 is 1.36 bits per heavy atom. The van der Waals surface area contributed by atoms with Gasteiger partial charge in [-0.2, -0.15) is 0 Å². The van der Waals surface area contributed by atoms with Gasteiger partial charge in [-0.25, -0.2) is 0 Å². The quantitative estimate of drug-likeness (QED) is 0.702. The molecule has 14 heavy (non-hydrogen) atoms. The van der Waals surface area contributed by atoms with Crippen LogP contribution < -0.4 is 4.67 Å². The minimum Gasteiger partial charge on any atom is -0.321 e. The molecule has 1 aliphatic heterocycles. The topological polar surface area (TPSA) is 21.7 Å². The highest BCUT2D eigenvalue weighted by atomic mass is 31.2. The Balaban J connectivity index is 2.15.